The largest absolute Gasteiger partial charge is 0.489 e. The summed E-state index contributed by atoms with van der Waals surface area (Å²) in [7, 11) is 0. The maximum Gasteiger partial charge on any atom is 0.211 e. The fraction of sp³-hybridized carbons (Fsp3) is 0.0625. The van der Waals surface area contributed by atoms with Gasteiger partial charge in [-0.15, -0.1) is 0 Å². The minimum Gasteiger partial charge on any atom is -0.489 e. The molecular weight excluding hydrogens is 295 g/mol. The van der Waals surface area contributed by atoms with E-state index in [1.54, 1.807) is 36.4 Å². The van der Waals surface area contributed by atoms with Crippen LogP contribution in [0.4, 0.5) is 4.39 Å². The Bertz CT molecular complexity index is 858. The van der Waals surface area contributed by atoms with Crippen molar-refractivity contribution in [2.45, 2.75) is 6.61 Å². The van der Waals surface area contributed by atoms with Crippen LogP contribution in [0.15, 0.2) is 57.9 Å². The zero-order valence-electron chi connectivity index (χ0n) is 10.8. The molecule has 1 heterocycles. The van der Waals surface area contributed by atoms with Crippen LogP contribution in [0.25, 0.3) is 11.0 Å². The molecule has 0 saturated heterocycles. The molecule has 0 radical (unpaired) electrons. The first-order valence-electron chi connectivity index (χ1n) is 6.22. The summed E-state index contributed by atoms with van der Waals surface area (Å²) in [5.41, 5.74) is 0.532. The minimum atomic E-state index is -0.323. The fourth-order valence-corrected chi connectivity index (χ4v) is 2.10. The summed E-state index contributed by atoms with van der Waals surface area (Å²) in [6.07, 6.45) is 1.19. The van der Waals surface area contributed by atoms with Gasteiger partial charge in [0.05, 0.1) is 5.39 Å². The predicted octanol–water partition coefficient (Wildman–Crippen LogP) is 4.16. The van der Waals surface area contributed by atoms with E-state index in [1.165, 1.54) is 12.3 Å². The van der Waals surface area contributed by atoms with Gasteiger partial charge in [-0.3, -0.25) is 4.79 Å². The number of hydrogen-bond acceptors (Lipinski definition) is 3. The smallest absolute Gasteiger partial charge is 0.211 e. The molecule has 0 amide bonds. The van der Waals surface area contributed by atoms with Gasteiger partial charge in [0.1, 0.15) is 35.0 Å². The molecule has 2 aromatic carbocycles. The van der Waals surface area contributed by atoms with Gasteiger partial charge in [0.25, 0.3) is 0 Å². The molecule has 0 atom stereocenters. The number of rotatable bonds is 3. The number of halogens is 2. The van der Waals surface area contributed by atoms with Crippen LogP contribution in [0, 0.1) is 5.82 Å². The fourth-order valence-electron chi connectivity index (χ4n) is 1.95. The van der Waals surface area contributed by atoms with Crippen molar-refractivity contribution in [1.29, 1.82) is 0 Å². The van der Waals surface area contributed by atoms with Crippen molar-refractivity contribution in [1.82, 2.24) is 0 Å². The first-order valence-corrected chi connectivity index (χ1v) is 6.60. The van der Waals surface area contributed by atoms with Gasteiger partial charge in [-0.1, -0.05) is 29.8 Å². The molecule has 3 nitrogen and oxygen atoms in total. The average molecular weight is 305 g/mol. The third-order valence-corrected chi connectivity index (χ3v) is 3.32. The van der Waals surface area contributed by atoms with Gasteiger partial charge in [0, 0.05) is 11.6 Å². The Labute approximate surface area is 124 Å². The van der Waals surface area contributed by atoms with E-state index in [9.17, 15) is 9.18 Å². The van der Waals surface area contributed by atoms with Gasteiger partial charge in [-0.05, 0) is 18.2 Å². The SMILES string of the molecule is O=c1c(Cl)coc2cc(OCc3ccccc3F)ccc12. The maximum absolute atomic E-state index is 13.5. The van der Waals surface area contributed by atoms with Crippen LogP contribution in [-0.4, -0.2) is 0 Å². The summed E-state index contributed by atoms with van der Waals surface area (Å²) in [6, 6.07) is 11.2. The van der Waals surface area contributed by atoms with Gasteiger partial charge in [-0.25, -0.2) is 4.39 Å². The predicted molar refractivity (Wildman–Crippen MR) is 78.2 cm³/mol. The molecule has 21 heavy (non-hydrogen) atoms. The Balaban J connectivity index is 1.87. The molecule has 0 bridgehead atoms. The molecule has 1 aromatic heterocycles. The van der Waals surface area contributed by atoms with E-state index in [2.05, 4.69) is 0 Å². The quantitative estimate of drug-likeness (QED) is 0.729. The van der Waals surface area contributed by atoms with Crippen molar-refractivity contribution in [2.24, 2.45) is 0 Å². The summed E-state index contributed by atoms with van der Waals surface area (Å²) in [4.78, 5) is 11.8. The molecule has 0 saturated carbocycles. The van der Waals surface area contributed by atoms with Gasteiger partial charge >= 0.3 is 0 Å². The van der Waals surface area contributed by atoms with E-state index >= 15 is 0 Å². The molecule has 3 aromatic rings. The number of ether oxygens (including phenoxy) is 1. The van der Waals surface area contributed by atoms with E-state index in [0.29, 0.717) is 22.3 Å². The lowest BCUT2D eigenvalue weighted by molar-refractivity contribution is 0.300. The minimum absolute atomic E-state index is 0.0301. The highest BCUT2D eigenvalue weighted by atomic mass is 35.5. The van der Waals surface area contributed by atoms with Crippen molar-refractivity contribution >= 4 is 22.6 Å². The van der Waals surface area contributed by atoms with Crippen molar-refractivity contribution in [2.75, 3.05) is 0 Å². The van der Waals surface area contributed by atoms with E-state index in [0.717, 1.165) is 0 Å². The molecule has 0 aliphatic rings. The summed E-state index contributed by atoms with van der Waals surface area (Å²) in [5.74, 6) is 0.160. The van der Waals surface area contributed by atoms with Gasteiger partial charge in [0.15, 0.2) is 0 Å². The summed E-state index contributed by atoms with van der Waals surface area (Å²) >= 11 is 5.71. The highest BCUT2D eigenvalue weighted by Gasteiger charge is 2.07. The van der Waals surface area contributed by atoms with E-state index in [-0.39, 0.29) is 22.9 Å². The average Bonchev–Trinajstić information content (AvgIpc) is 2.50. The van der Waals surface area contributed by atoms with E-state index in [1.807, 2.05) is 0 Å². The zero-order chi connectivity index (χ0) is 14.8. The summed E-state index contributed by atoms with van der Waals surface area (Å²) in [5, 5.41) is 0.406. The molecule has 0 unspecified atom stereocenters. The summed E-state index contributed by atoms with van der Waals surface area (Å²) in [6.45, 7) is 0.0933. The first-order chi connectivity index (χ1) is 10.1. The Kier molecular flexibility index (Phi) is 3.62. The van der Waals surface area contributed by atoms with Crippen LogP contribution in [0.3, 0.4) is 0 Å². The van der Waals surface area contributed by atoms with Gasteiger partial charge in [-0.2, -0.15) is 0 Å². The molecule has 0 aliphatic carbocycles. The normalized spacial score (nSPS) is 10.8. The lowest BCUT2D eigenvalue weighted by Crippen LogP contribution is -2.02. The molecule has 0 spiro atoms. The number of hydrogen-bond donors (Lipinski definition) is 0. The Morgan fingerprint density at radius 2 is 2.00 bits per heavy atom. The van der Waals surface area contributed by atoms with Gasteiger partial charge < -0.3 is 9.15 Å². The van der Waals surface area contributed by atoms with E-state index in [4.69, 9.17) is 20.8 Å². The Hall–Kier alpha value is -2.33. The monoisotopic (exact) mass is 304 g/mol. The van der Waals surface area contributed by atoms with Crippen LogP contribution < -0.4 is 10.2 Å². The van der Waals surface area contributed by atoms with Crippen molar-refractivity contribution in [3.05, 3.63) is 75.4 Å². The second kappa shape index (κ2) is 5.58. The maximum atomic E-state index is 13.5. The molecule has 0 fully saturated rings. The third-order valence-electron chi connectivity index (χ3n) is 3.06. The lowest BCUT2D eigenvalue weighted by atomic mass is 10.2. The Morgan fingerprint density at radius 1 is 1.19 bits per heavy atom. The molecule has 0 aliphatic heterocycles. The second-order valence-corrected chi connectivity index (χ2v) is 4.86. The Morgan fingerprint density at radius 3 is 2.81 bits per heavy atom. The highest BCUT2D eigenvalue weighted by molar-refractivity contribution is 6.30. The van der Waals surface area contributed by atoms with E-state index < -0.39 is 0 Å². The molecule has 5 heteroatoms. The van der Waals surface area contributed by atoms with Crippen molar-refractivity contribution in [3.8, 4) is 5.75 Å². The van der Waals surface area contributed by atoms with Crippen LogP contribution in [0.2, 0.25) is 5.02 Å². The van der Waals surface area contributed by atoms with Crippen LogP contribution in [-0.2, 0) is 6.61 Å². The molecular formula is C16H10ClFO3. The van der Waals surface area contributed by atoms with Crippen LogP contribution in [0.1, 0.15) is 5.56 Å². The first kappa shape index (κ1) is 13.6. The highest BCUT2D eigenvalue weighted by Crippen LogP contribution is 2.21. The van der Waals surface area contributed by atoms with Crippen LogP contribution in [0.5, 0.6) is 5.75 Å². The van der Waals surface area contributed by atoms with Crippen LogP contribution >= 0.6 is 11.6 Å². The standard InChI is InChI=1S/C16H10ClFO3/c17-13-9-21-15-7-11(5-6-12(15)16(13)19)20-8-10-3-1-2-4-14(10)18/h1-7,9H,8H2. The second-order valence-electron chi connectivity index (χ2n) is 4.45. The third kappa shape index (κ3) is 2.76. The van der Waals surface area contributed by atoms with Crippen molar-refractivity contribution < 1.29 is 13.5 Å². The molecule has 3 rings (SSSR count). The van der Waals surface area contributed by atoms with Gasteiger partial charge in [0.2, 0.25) is 5.43 Å². The number of benzene rings is 2. The lowest BCUT2D eigenvalue weighted by Gasteiger charge is -2.07. The zero-order valence-corrected chi connectivity index (χ0v) is 11.6. The van der Waals surface area contributed by atoms with Crippen molar-refractivity contribution in [3.63, 3.8) is 0 Å². The topological polar surface area (TPSA) is 39.4 Å². The molecule has 0 N–H and O–H groups in total. The number of fused-ring (bicyclic) bond motifs is 1. The molecule has 106 valence electrons. The summed E-state index contributed by atoms with van der Waals surface area (Å²) < 4.78 is 24.3.